The summed E-state index contributed by atoms with van der Waals surface area (Å²) < 4.78 is 6.58. The Morgan fingerprint density at radius 3 is 3.00 bits per heavy atom. The van der Waals surface area contributed by atoms with Crippen LogP contribution in [0.15, 0.2) is 11.8 Å². The van der Waals surface area contributed by atoms with Crippen molar-refractivity contribution in [2.24, 2.45) is 0 Å². The summed E-state index contributed by atoms with van der Waals surface area (Å²) in [5.41, 5.74) is 0. The van der Waals surface area contributed by atoms with Crippen molar-refractivity contribution in [3.63, 3.8) is 0 Å². The molecule has 0 amide bonds. The van der Waals surface area contributed by atoms with Crippen LogP contribution in [0.3, 0.4) is 0 Å². The average molecular weight is 218 g/mol. The van der Waals surface area contributed by atoms with Gasteiger partial charge in [-0.3, -0.25) is 0 Å². The van der Waals surface area contributed by atoms with Crippen LogP contribution >= 0.6 is 0 Å². The second-order valence-corrected chi connectivity index (χ2v) is 3.10. The molecule has 0 aromatic carbocycles. The van der Waals surface area contributed by atoms with Crippen molar-refractivity contribution in [3.05, 3.63) is 22.5 Å². The van der Waals surface area contributed by atoms with Gasteiger partial charge in [0.05, 0.1) is 24.3 Å². The molecule has 0 radical (unpaired) electrons. The molecule has 1 rings (SSSR count). The van der Waals surface area contributed by atoms with E-state index in [1.54, 1.807) is 7.11 Å². The molecule has 5 heteroatoms. The molecule has 0 aliphatic heterocycles. The van der Waals surface area contributed by atoms with Gasteiger partial charge < -0.3 is 4.74 Å². The topological polar surface area (TPSA) is 63.7 Å². The fraction of sp³-hybridized carbons (Fsp3) is 0.364. The van der Waals surface area contributed by atoms with Crippen molar-refractivity contribution in [1.29, 1.82) is 5.26 Å². The van der Waals surface area contributed by atoms with Crippen LogP contribution in [0, 0.1) is 11.3 Å². The van der Waals surface area contributed by atoms with Gasteiger partial charge in [0.15, 0.2) is 0 Å². The van der Waals surface area contributed by atoms with Gasteiger partial charge in [0, 0.05) is 6.42 Å². The smallest absolute Gasteiger partial charge is 0.130 e. The molecule has 0 N–H and O–H groups in total. The van der Waals surface area contributed by atoms with Gasteiger partial charge in [-0.05, 0) is 19.1 Å². The van der Waals surface area contributed by atoms with Gasteiger partial charge in [0.25, 0.3) is 0 Å². The largest absolute Gasteiger partial charge is 0.501 e. The van der Waals surface area contributed by atoms with Gasteiger partial charge in [-0.25, -0.2) is 4.68 Å². The van der Waals surface area contributed by atoms with E-state index < -0.39 is 0 Å². The van der Waals surface area contributed by atoms with Crippen LogP contribution in [0.1, 0.15) is 13.3 Å². The molecule has 0 spiro atoms. The summed E-state index contributed by atoms with van der Waals surface area (Å²) in [4.78, 5) is 0. The predicted octanol–water partition coefficient (Wildman–Crippen LogP) is -0.0672. The zero-order valence-corrected chi connectivity index (χ0v) is 9.47. The van der Waals surface area contributed by atoms with E-state index in [-0.39, 0.29) is 6.54 Å². The second kappa shape index (κ2) is 5.71. The van der Waals surface area contributed by atoms with Gasteiger partial charge in [-0.2, -0.15) is 5.26 Å². The molecular weight excluding hydrogens is 204 g/mol. The van der Waals surface area contributed by atoms with Crippen molar-refractivity contribution in [2.45, 2.75) is 19.9 Å². The van der Waals surface area contributed by atoms with Gasteiger partial charge in [0.1, 0.15) is 11.9 Å². The summed E-state index contributed by atoms with van der Waals surface area (Å²) in [7, 11) is 1.63. The first-order valence-corrected chi connectivity index (χ1v) is 4.87. The maximum atomic E-state index is 8.54. The van der Waals surface area contributed by atoms with Gasteiger partial charge in [-0.1, -0.05) is 11.8 Å². The predicted molar refractivity (Wildman–Crippen MR) is 60.3 cm³/mol. The lowest BCUT2D eigenvalue weighted by Crippen LogP contribution is -2.28. The third-order valence-corrected chi connectivity index (χ3v) is 2.17. The van der Waals surface area contributed by atoms with Gasteiger partial charge >= 0.3 is 0 Å². The quantitative estimate of drug-likeness (QED) is 0.664. The number of hydrogen-bond acceptors (Lipinski definition) is 4. The summed E-state index contributed by atoms with van der Waals surface area (Å²) >= 11 is 0. The summed E-state index contributed by atoms with van der Waals surface area (Å²) in [6.07, 6.45) is 4.40. The Bertz CT molecular complexity index is 521. The fourth-order valence-corrected chi connectivity index (χ4v) is 1.22. The zero-order valence-electron chi connectivity index (χ0n) is 9.47. The Labute approximate surface area is 93.9 Å². The van der Waals surface area contributed by atoms with E-state index in [1.165, 1.54) is 4.68 Å². The summed E-state index contributed by atoms with van der Waals surface area (Å²) in [5, 5.41) is 17.6. The van der Waals surface area contributed by atoms with E-state index in [4.69, 9.17) is 10.00 Å². The van der Waals surface area contributed by atoms with Crippen molar-refractivity contribution in [3.8, 4) is 6.07 Å². The number of allylic oxidation sites excluding steroid dienone is 2. The Kier molecular flexibility index (Phi) is 4.28. The number of nitriles is 1. The van der Waals surface area contributed by atoms with Crippen molar-refractivity contribution in [2.75, 3.05) is 7.11 Å². The van der Waals surface area contributed by atoms with E-state index in [0.717, 1.165) is 5.76 Å². The molecule has 84 valence electrons. The lowest BCUT2D eigenvalue weighted by molar-refractivity contribution is 0.286. The molecule has 0 unspecified atom stereocenters. The van der Waals surface area contributed by atoms with Crippen molar-refractivity contribution >= 4 is 12.7 Å². The average Bonchev–Trinajstić information content (AvgIpc) is 2.63. The van der Waals surface area contributed by atoms with Crippen molar-refractivity contribution in [1.82, 2.24) is 15.0 Å². The summed E-state index contributed by atoms with van der Waals surface area (Å²) in [5.74, 6) is 0.856. The molecule has 0 saturated heterocycles. The molecular formula is C11H14N4O. The highest BCUT2D eigenvalue weighted by atomic mass is 16.5. The highest BCUT2D eigenvalue weighted by molar-refractivity contribution is 5.24. The van der Waals surface area contributed by atoms with E-state index in [2.05, 4.69) is 16.9 Å². The maximum absolute atomic E-state index is 8.54. The van der Waals surface area contributed by atoms with Gasteiger partial charge in [0.2, 0.25) is 0 Å². The Balaban J connectivity index is 2.94. The monoisotopic (exact) mass is 218 g/mol. The Morgan fingerprint density at radius 2 is 2.44 bits per heavy atom. The van der Waals surface area contributed by atoms with Gasteiger partial charge in [-0.15, -0.1) is 5.10 Å². The second-order valence-electron chi connectivity index (χ2n) is 3.10. The molecule has 16 heavy (non-hydrogen) atoms. The molecule has 0 fully saturated rings. The highest BCUT2D eigenvalue weighted by Crippen LogP contribution is 2.00. The van der Waals surface area contributed by atoms with Crippen molar-refractivity contribution < 1.29 is 4.74 Å². The molecule has 0 aliphatic rings. The number of nitrogens with zero attached hydrogens (tertiary/aromatic N) is 4. The van der Waals surface area contributed by atoms with Crippen LogP contribution in [0.25, 0.3) is 12.7 Å². The lowest BCUT2D eigenvalue weighted by Gasteiger charge is -1.99. The summed E-state index contributed by atoms with van der Waals surface area (Å²) in [6, 6.07) is 2.00. The minimum atomic E-state index is 0.167. The number of methoxy groups -OCH3 is 1. The highest BCUT2D eigenvalue weighted by Gasteiger charge is 1.97. The molecule has 1 heterocycles. The van der Waals surface area contributed by atoms with E-state index in [1.807, 2.05) is 25.1 Å². The van der Waals surface area contributed by atoms with Crippen LogP contribution in [-0.2, 0) is 11.3 Å². The molecule has 0 atom stereocenters. The SMILES string of the molecule is C=c1/c(=C\C/C(=C\C)OC)nnn1CC#N. The van der Waals surface area contributed by atoms with Crippen LogP contribution in [0.2, 0.25) is 0 Å². The van der Waals surface area contributed by atoms with Crippen LogP contribution < -0.4 is 10.7 Å². The first kappa shape index (κ1) is 12.0. The lowest BCUT2D eigenvalue weighted by atomic mass is 10.3. The number of hydrogen-bond donors (Lipinski definition) is 0. The fourth-order valence-electron chi connectivity index (χ4n) is 1.22. The zero-order chi connectivity index (χ0) is 12.0. The molecule has 1 aromatic heterocycles. The minimum absolute atomic E-state index is 0.167. The molecule has 0 bridgehead atoms. The van der Waals surface area contributed by atoms with Crippen LogP contribution in [0.4, 0.5) is 0 Å². The van der Waals surface area contributed by atoms with E-state index in [0.29, 0.717) is 17.1 Å². The third kappa shape index (κ3) is 2.70. The number of aromatic nitrogens is 3. The summed E-state index contributed by atoms with van der Waals surface area (Å²) in [6.45, 7) is 5.90. The standard InChI is InChI=1S/C11H14N4O/c1-4-10(16-3)5-6-11-9(2)15(8-7-12)14-13-11/h4,6H,2,5,8H2,1,3H3/b10-4+,11-6+. The van der Waals surface area contributed by atoms with Crippen LogP contribution in [0.5, 0.6) is 0 Å². The van der Waals surface area contributed by atoms with E-state index in [9.17, 15) is 0 Å². The Morgan fingerprint density at radius 1 is 1.69 bits per heavy atom. The molecule has 5 nitrogen and oxygen atoms in total. The minimum Gasteiger partial charge on any atom is -0.501 e. The number of rotatable bonds is 4. The third-order valence-electron chi connectivity index (χ3n) is 2.17. The maximum Gasteiger partial charge on any atom is 0.130 e. The number of ether oxygens (including phenoxy) is 1. The molecule has 0 aliphatic carbocycles. The van der Waals surface area contributed by atoms with E-state index >= 15 is 0 Å². The van der Waals surface area contributed by atoms with Crippen LogP contribution in [-0.4, -0.2) is 22.1 Å². The first-order valence-electron chi connectivity index (χ1n) is 4.87. The first-order chi connectivity index (χ1) is 7.72. The normalized spacial score (nSPS) is 12.6. The molecule has 0 saturated carbocycles. The Hall–Kier alpha value is -2.09. The molecule has 1 aromatic rings.